The molecule has 0 saturated carbocycles. The highest BCUT2D eigenvalue weighted by atomic mass is 16.2. The predicted octanol–water partition coefficient (Wildman–Crippen LogP) is 0.653. The Morgan fingerprint density at radius 2 is 2.12 bits per heavy atom. The molecule has 25 heavy (non-hydrogen) atoms. The Hall–Kier alpha value is -2.17. The number of aromatic amines is 1. The minimum Gasteiger partial charge on any atom is -0.337 e. The number of amides is 1. The molecule has 1 aliphatic heterocycles. The number of nitriles is 1. The van der Waals surface area contributed by atoms with Gasteiger partial charge in [-0.15, -0.1) is 0 Å². The van der Waals surface area contributed by atoms with Crippen molar-refractivity contribution >= 4 is 5.91 Å². The molecule has 136 valence electrons. The zero-order valence-corrected chi connectivity index (χ0v) is 15.5. The molecule has 0 aromatic carbocycles. The molecule has 0 unspecified atom stereocenters. The smallest absolute Gasteiger partial charge is 0.266 e. The number of carbonyl (C=O) groups is 1. The number of rotatable bonds is 5. The first-order valence-corrected chi connectivity index (χ1v) is 8.61. The Bertz CT molecular complexity index is 719. The number of likely N-dealkylation sites (N-methyl/N-ethyl adjacent to an activating group) is 2. The number of carbonyl (C=O) groups excluding carboxylic acids is 1. The van der Waals surface area contributed by atoms with Crippen LogP contribution in [0.5, 0.6) is 0 Å². The van der Waals surface area contributed by atoms with E-state index in [1.165, 1.54) is 6.07 Å². The topological polar surface area (TPSA) is 83.4 Å². The number of nitrogens with zero attached hydrogens (tertiary/aromatic N) is 4. The highest BCUT2D eigenvalue weighted by Gasteiger charge is 2.28. The molecule has 7 heteroatoms. The van der Waals surface area contributed by atoms with Crippen molar-refractivity contribution < 1.29 is 4.79 Å². The lowest BCUT2D eigenvalue weighted by Crippen LogP contribution is -2.50. The van der Waals surface area contributed by atoms with Gasteiger partial charge in [0.05, 0.1) is 5.56 Å². The van der Waals surface area contributed by atoms with Gasteiger partial charge in [-0.05, 0) is 47.0 Å². The van der Waals surface area contributed by atoms with Gasteiger partial charge in [-0.3, -0.25) is 9.59 Å². The Balaban J connectivity index is 2.12. The van der Waals surface area contributed by atoms with Gasteiger partial charge in [-0.2, -0.15) is 5.26 Å². The fourth-order valence-electron chi connectivity index (χ4n) is 3.14. The zero-order chi connectivity index (χ0) is 18.6. The summed E-state index contributed by atoms with van der Waals surface area (Å²) in [5.74, 6) is -0.115. The first-order chi connectivity index (χ1) is 11.8. The van der Waals surface area contributed by atoms with Crippen LogP contribution < -0.4 is 5.56 Å². The maximum Gasteiger partial charge on any atom is 0.266 e. The van der Waals surface area contributed by atoms with Crippen molar-refractivity contribution in [1.82, 2.24) is 19.7 Å². The fraction of sp³-hybridized carbons (Fsp3) is 0.611. The van der Waals surface area contributed by atoms with Crippen molar-refractivity contribution in [3.05, 3.63) is 33.2 Å². The van der Waals surface area contributed by atoms with E-state index in [-0.39, 0.29) is 11.5 Å². The van der Waals surface area contributed by atoms with Crippen LogP contribution in [-0.4, -0.2) is 79.0 Å². The Kier molecular flexibility index (Phi) is 6.34. The van der Waals surface area contributed by atoms with Crippen LogP contribution in [0.1, 0.15) is 34.5 Å². The molecule has 1 saturated heterocycles. The first-order valence-electron chi connectivity index (χ1n) is 8.61. The molecule has 1 N–H and O–H groups in total. The van der Waals surface area contributed by atoms with Crippen LogP contribution in [0.15, 0.2) is 10.9 Å². The molecule has 1 aliphatic rings. The summed E-state index contributed by atoms with van der Waals surface area (Å²) in [7, 11) is 6.20. The highest BCUT2D eigenvalue weighted by Crippen LogP contribution is 2.18. The fourth-order valence-corrected chi connectivity index (χ4v) is 3.14. The van der Waals surface area contributed by atoms with Crippen LogP contribution in [0.25, 0.3) is 0 Å². The third kappa shape index (κ3) is 4.68. The van der Waals surface area contributed by atoms with Gasteiger partial charge in [0.15, 0.2) is 0 Å². The first kappa shape index (κ1) is 19.2. The second-order valence-corrected chi connectivity index (χ2v) is 6.99. The van der Waals surface area contributed by atoms with E-state index in [0.717, 1.165) is 25.9 Å². The van der Waals surface area contributed by atoms with Crippen molar-refractivity contribution in [3.8, 4) is 6.07 Å². The van der Waals surface area contributed by atoms with E-state index >= 15 is 0 Å². The third-order valence-corrected chi connectivity index (χ3v) is 4.80. The molecule has 0 spiro atoms. The highest BCUT2D eigenvalue weighted by molar-refractivity contribution is 5.95. The molecular formula is C18H27N5O2. The maximum atomic E-state index is 12.9. The molecule has 0 aliphatic carbocycles. The Morgan fingerprint density at radius 3 is 2.76 bits per heavy atom. The van der Waals surface area contributed by atoms with E-state index < -0.39 is 5.56 Å². The van der Waals surface area contributed by atoms with Crippen LogP contribution in [0.2, 0.25) is 0 Å². The summed E-state index contributed by atoms with van der Waals surface area (Å²) in [6, 6.07) is 3.59. The van der Waals surface area contributed by atoms with Gasteiger partial charge in [0, 0.05) is 37.9 Å². The van der Waals surface area contributed by atoms with E-state index in [0.29, 0.717) is 30.4 Å². The molecule has 0 radical (unpaired) electrons. The molecule has 1 fully saturated rings. The van der Waals surface area contributed by atoms with Crippen LogP contribution in [0, 0.1) is 18.3 Å². The average Bonchev–Trinajstić information content (AvgIpc) is 2.59. The number of aromatic nitrogens is 1. The van der Waals surface area contributed by atoms with Crippen molar-refractivity contribution in [2.24, 2.45) is 0 Å². The zero-order valence-electron chi connectivity index (χ0n) is 15.5. The van der Waals surface area contributed by atoms with Gasteiger partial charge in [-0.25, -0.2) is 0 Å². The van der Waals surface area contributed by atoms with Gasteiger partial charge in [0.1, 0.15) is 11.6 Å². The van der Waals surface area contributed by atoms with Crippen molar-refractivity contribution in [3.63, 3.8) is 0 Å². The molecular weight excluding hydrogens is 318 g/mol. The SMILES string of the molecule is Cc1[nH]c(=O)c(C#N)cc1C(=O)N1CCC[C@@H](N(C)CCN(C)C)C1. The van der Waals surface area contributed by atoms with Gasteiger partial charge in [0.2, 0.25) is 0 Å². The van der Waals surface area contributed by atoms with E-state index in [1.54, 1.807) is 6.92 Å². The summed E-state index contributed by atoms with van der Waals surface area (Å²) in [4.78, 5) is 33.5. The molecule has 0 bridgehead atoms. The minimum atomic E-state index is -0.448. The van der Waals surface area contributed by atoms with E-state index in [9.17, 15) is 9.59 Å². The van der Waals surface area contributed by atoms with Crippen molar-refractivity contribution in [1.29, 1.82) is 5.26 Å². The van der Waals surface area contributed by atoms with Gasteiger partial charge >= 0.3 is 0 Å². The quantitative estimate of drug-likeness (QED) is 0.847. The van der Waals surface area contributed by atoms with Gasteiger partial charge < -0.3 is 19.7 Å². The molecule has 7 nitrogen and oxygen atoms in total. The minimum absolute atomic E-state index is 0.0226. The second-order valence-electron chi connectivity index (χ2n) is 6.99. The average molecular weight is 345 g/mol. The molecule has 2 rings (SSSR count). The number of piperidine rings is 1. The summed E-state index contributed by atoms with van der Waals surface area (Å²) in [6.07, 6.45) is 2.03. The van der Waals surface area contributed by atoms with Gasteiger partial charge in [-0.1, -0.05) is 0 Å². The van der Waals surface area contributed by atoms with Crippen molar-refractivity contribution in [2.45, 2.75) is 25.8 Å². The number of hydrogen-bond acceptors (Lipinski definition) is 5. The molecule has 2 heterocycles. The van der Waals surface area contributed by atoms with Crippen LogP contribution in [0.3, 0.4) is 0 Å². The standard InChI is InChI=1S/C18H27N5O2/c1-13-16(10-14(11-19)17(24)20-13)18(25)23-7-5-6-15(12-23)22(4)9-8-21(2)3/h10,15H,5-9,12H2,1-4H3,(H,20,24)/t15-/m1/s1. The monoisotopic (exact) mass is 345 g/mol. The maximum absolute atomic E-state index is 12.9. The summed E-state index contributed by atoms with van der Waals surface area (Å²) in [5.41, 5.74) is 0.451. The number of pyridine rings is 1. The van der Waals surface area contributed by atoms with Gasteiger partial charge in [0.25, 0.3) is 11.5 Å². The molecule has 1 amide bonds. The third-order valence-electron chi connectivity index (χ3n) is 4.80. The van der Waals surface area contributed by atoms with E-state index in [1.807, 2.05) is 11.0 Å². The van der Waals surface area contributed by atoms with E-state index in [2.05, 4.69) is 35.9 Å². The van der Waals surface area contributed by atoms with E-state index in [4.69, 9.17) is 5.26 Å². The lowest BCUT2D eigenvalue weighted by Gasteiger charge is -2.38. The van der Waals surface area contributed by atoms with Crippen LogP contribution in [0.4, 0.5) is 0 Å². The second kappa shape index (κ2) is 8.28. The Labute approximate surface area is 148 Å². The molecule has 1 atom stereocenters. The normalized spacial score (nSPS) is 17.8. The number of hydrogen-bond donors (Lipinski definition) is 1. The van der Waals surface area contributed by atoms with Crippen LogP contribution >= 0.6 is 0 Å². The predicted molar refractivity (Wildman–Crippen MR) is 96.6 cm³/mol. The number of likely N-dealkylation sites (tertiary alicyclic amines) is 1. The number of aryl methyl sites for hydroxylation is 1. The summed E-state index contributed by atoms with van der Waals surface area (Å²) >= 11 is 0. The summed E-state index contributed by atoms with van der Waals surface area (Å²) in [6.45, 7) is 5.00. The molecule has 1 aromatic rings. The number of H-pyrrole nitrogens is 1. The lowest BCUT2D eigenvalue weighted by molar-refractivity contribution is 0.0602. The largest absolute Gasteiger partial charge is 0.337 e. The van der Waals surface area contributed by atoms with Crippen molar-refractivity contribution in [2.75, 3.05) is 47.3 Å². The Morgan fingerprint density at radius 1 is 1.40 bits per heavy atom. The summed E-state index contributed by atoms with van der Waals surface area (Å²) < 4.78 is 0. The number of nitrogens with one attached hydrogen (secondary N) is 1. The summed E-state index contributed by atoms with van der Waals surface area (Å²) in [5, 5.41) is 9.04. The van der Waals surface area contributed by atoms with Crippen LogP contribution in [-0.2, 0) is 0 Å². The lowest BCUT2D eigenvalue weighted by atomic mass is 10.0. The molecule has 1 aromatic heterocycles.